The van der Waals surface area contributed by atoms with E-state index >= 15 is 0 Å². The van der Waals surface area contributed by atoms with Crippen molar-refractivity contribution in [3.8, 4) is 0 Å². The standard InChI is InChI=1S/C12H11N5O3/c18-11(10-15-9(16-17-10)6-4-5-6)14-8-3-1-2-7(13-8)12(19)20/h1-3,6H,4-5H2,(H,19,20)(H,13,14,18)(H,15,16,17). The van der Waals surface area contributed by atoms with Crippen molar-refractivity contribution >= 4 is 17.7 Å². The number of pyridine rings is 1. The minimum atomic E-state index is -1.16. The van der Waals surface area contributed by atoms with Crippen molar-refractivity contribution in [1.29, 1.82) is 0 Å². The van der Waals surface area contributed by atoms with E-state index in [0.29, 0.717) is 11.7 Å². The third-order valence-corrected chi connectivity index (χ3v) is 2.88. The fourth-order valence-electron chi connectivity index (χ4n) is 1.71. The Bertz CT molecular complexity index is 677. The molecule has 20 heavy (non-hydrogen) atoms. The summed E-state index contributed by atoms with van der Waals surface area (Å²) < 4.78 is 0. The number of carbonyl (C=O) groups excluding carboxylic acids is 1. The van der Waals surface area contributed by atoms with E-state index in [1.54, 1.807) is 0 Å². The van der Waals surface area contributed by atoms with Crippen LogP contribution in [0, 0.1) is 0 Å². The van der Waals surface area contributed by atoms with Crippen LogP contribution in [0.2, 0.25) is 0 Å². The molecule has 1 fully saturated rings. The second-order valence-corrected chi connectivity index (χ2v) is 4.49. The molecule has 8 nitrogen and oxygen atoms in total. The van der Waals surface area contributed by atoms with Crippen LogP contribution in [0.4, 0.5) is 5.82 Å². The number of carboxylic acid groups (broad SMARTS) is 1. The third kappa shape index (κ3) is 2.48. The van der Waals surface area contributed by atoms with Crippen LogP contribution in [-0.4, -0.2) is 37.1 Å². The number of carboxylic acids is 1. The predicted octanol–water partition coefficient (Wildman–Crippen LogP) is 1.03. The molecule has 102 valence electrons. The monoisotopic (exact) mass is 273 g/mol. The highest BCUT2D eigenvalue weighted by atomic mass is 16.4. The highest BCUT2D eigenvalue weighted by molar-refractivity contribution is 6.01. The van der Waals surface area contributed by atoms with E-state index in [1.807, 2.05) is 0 Å². The number of nitrogens with zero attached hydrogens (tertiary/aromatic N) is 3. The lowest BCUT2D eigenvalue weighted by molar-refractivity contribution is 0.0690. The highest BCUT2D eigenvalue weighted by Gasteiger charge is 2.28. The molecular formula is C12H11N5O3. The number of hydrogen-bond donors (Lipinski definition) is 3. The molecule has 1 saturated carbocycles. The van der Waals surface area contributed by atoms with Crippen LogP contribution in [0.1, 0.15) is 45.7 Å². The van der Waals surface area contributed by atoms with Gasteiger partial charge in [-0.05, 0) is 25.0 Å². The summed E-state index contributed by atoms with van der Waals surface area (Å²) >= 11 is 0. The van der Waals surface area contributed by atoms with Gasteiger partial charge in [-0.3, -0.25) is 9.89 Å². The van der Waals surface area contributed by atoms with Crippen LogP contribution in [0.3, 0.4) is 0 Å². The van der Waals surface area contributed by atoms with Gasteiger partial charge in [0.2, 0.25) is 5.82 Å². The first-order valence-corrected chi connectivity index (χ1v) is 6.07. The van der Waals surface area contributed by atoms with Gasteiger partial charge in [0, 0.05) is 5.92 Å². The summed E-state index contributed by atoms with van der Waals surface area (Å²) in [6.07, 6.45) is 2.11. The lowest BCUT2D eigenvalue weighted by Gasteiger charge is -2.02. The molecule has 0 bridgehead atoms. The molecule has 1 amide bonds. The summed E-state index contributed by atoms with van der Waals surface area (Å²) in [5.41, 5.74) is -0.142. The van der Waals surface area contributed by atoms with E-state index in [0.717, 1.165) is 12.8 Å². The summed E-state index contributed by atoms with van der Waals surface area (Å²) in [6, 6.07) is 4.34. The van der Waals surface area contributed by atoms with Gasteiger partial charge in [-0.15, -0.1) is 5.10 Å². The Kier molecular flexibility index (Phi) is 2.90. The van der Waals surface area contributed by atoms with Crippen LogP contribution >= 0.6 is 0 Å². The van der Waals surface area contributed by atoms with Crippen molar-refractivity contribution < 1.29 is 14.7 Å². The van der Waals surface area contributed by atoms with E-state index in [-0.39, 0.29) is 17.3 Å². The SMILES string of the molecule is O=C(O)c1cccc(NC(=O)c2n[nH]c(C3CC3)n2)n1. The van der Waals surface area contributed by atoms with Crippen molar-refractivity contribution in [3.05, 3.63) is 35.5 Å². The molecule has 2 aromatic heterocycles. The van der Waals surface area contributed by atoms with Gasteiger partial charge in [-0.1, -0.05) is 6.07 Å². The van der Waals surface area contributed by atoms with Gasteiger partial charge in [0.25, 0.3) is 5.91 Å². The van der Waals surface area contributed by atoms with Crippen LogP contribution in [0.5, 0.6) is 0 Å². The van der Waals surface area contributed by atoms with Gasteiger partial charge in [0.1, 0.15) is 11.6 Å². The minimum Gasteiger partial charge on any atom is -0.477 e. The number of hydrogen-bond acceptors (Lipinski definition) is 5. The van der Waals surface area contributed by atoms with Crippen LogP contribution in [-0.2, 0) is 0 Å². The number of amides is 1. The zero-order valence-corrected chi connectivity index (χ0v) is 10.3. The quantitative estimate of drug-likeness (QED) is 0.764. The van der Waals surface area contributed by atoms with Crippen molar-refractivity contribution in [2.75, 3.05) is 5.32 Å². The second kappa shape index (κ2) is 4.72. The summed E-state index contributed by atoms with van der Waals surface area (Å²) in [5.74, 6) is -0.430. The molecule has 0 atom stereocenters. The smallest absolute Gasteiger partial charge is 0.354 e. The Morgan fingerprint density at radius 1 is 1.30 bits per heavy atom. The molecule has 3 rings (SSSR count). The normalized spacial score (nSPS) is 14.0. The zero-order chi connectivity index (χ0) is 14.1. The number of rotatable bonds is 4. The summed E-state index contributed by atoms with van der Waals surface area (Å²) in [7, 11) is 0. The van der Waals surface area contributed by atoms with E-state index < -0.39 is 11.9 Å². The lowest BCUT2D eigenvalue weighted by Crippen LogP contribution is -2.15. The molecule has 2 aromatic rings. The number of carbonyl (C=O) groups is 2. The Morgan fingerprint density at radius 2 is 2.10 bits per heavy atom. The van der Waals surface area contributed by atoms with Gasteiger partial charge in [0.05, 0.1) is 0 Å². The Balaban J connectivity index is 1.74. The molecule has 2 heterocycles. The van der Waals surface area contributed by atoms with E-state index in [9.17, 15) is 9.59 Å². The van der Waals surface area contributed by atoms with Crippen LogP contribution in [0.25, 0.3) is 0 Å². The Hall–Kier alpha value is -2.77. The van der Waals surface area contributed by atoms with E-state index in [1.165, 1.54) is 18.2 Å². The van der Waals surface area contributed by atoms with E-state index in [2.05, 4.69) is 25.5 Å². The fourth-order valence-corrected chi connectivity index (χ4v) is 1.71. The number of aromatic nitrogens is 4. The largest absolute Gasteiger partial charge is 0.477 e. The molecule has 0 aliphatic heterocycles. The molecule has 0 spiro atoms. The average Bonchev–Trinajstić information content (AvgIpc) is 3.16. The number of H-pyrrole nitrogens is 1. The first-order chi connectivity index (χ1) is 9.63. The third-order valence-electron chi connectivity index (χ3n) is 2.88. The van der Waals surface area contributed by atoms with Crippen molar-refractivity contribution in [2.24, 2.45) is 0 Å². The predicted molar refractivity (Wildman–Crippen MR) is 67.5 cm³/mol. The topological polar surface area (TPSA) is 121 Å². The first kappa shape index (κ1) is 12.3. The van der Waals surface area contributed by atoms with Gasteiger partial charge >= 0.3 is 5.97 Å². The Labute approximate surface area is 113 Å². The first-order valence-electron chi connectivity index (χ1n) is 6.07. The van der Waals surface area contributed by atoms with Gasteiger partial charge < -0.3 is 10.4 Å². The lowest BCUT2D eigenvalue weighted by atomic mass is 10.3. The van der Waals surface area contributed by atoms with Crippen LogP contribution < -0.4 is 5.32 Å². The molecule has 0 radical (unpaired) electrons. The molecular weight excluding hydrogens is 262 g/mol. The van der Waals surface area contributed by atoms with E-state index in [4.69, 9.17) is 5.11 Å². The number of aromatic carboxylic acids is 1. The Morgan fingerprint density at radius 3 is 2.80 bits per heavy atom. The number of nitrogens with one attached hydrogen (secondary N) is 2. The molecule has 0 saturated heterocycles. The maximum absolute atomic E-state index is 11.9. The van der Waals surface area contributed by atoms with Gasteiger partial charge in [-0.2, -0.15) is 0 Å². The summed E-state index contributed by atoms with van der Waals surface area (Å²) in [4.78, 5) is 30.6. The molecule has 0 aromatic carbocycles. The molecule has 3 N–H and O–H groups in total. The second-order valence-electron chi connectivity index (χ2n) is 4.49. The molecule has 1 aliphatic rings. The zero-order valence-electron chi connectivity index (χ0n) is 10.3. The maximum Gasteiger partial charge on any atom is 0.354 e. The molecule has 1 aliphatic carbocycles. The summed E-state index contributed by atoms with van der Waals surface area (Å²) in [5, 5.41) is 17.9. The minimum absolute atomic E-state index is 0.0226. The highest BCUT2D eigenvalue weighted by Crippen LogP contribution is 2.37. The maximum atomic E-state index is 11.9. The molecule has 8 heteroatoms. The summed E-state index contributed by atoms with van der Waals surface area (Å²) in [6.45, 7) is 0. The average molecular weight is 273 g/mol. The molecule has 0 unspecified atom stereocenters. The van der Waals surface area contributed by atoms with Crippen LogP contribution in [0.15, 0.2) is 18.2 Å². The van der Waals surface area contributed by atoms with Gasteiger partial charge in [0.15, 0.2) is 5.69 Å². The van der Waals surface area contributed by atoms with Crippen molar-refractivity contribution in [3.63, 3.8) is 0 Å². The number of aromatic amines is 1. The number of anilines is 1. The van der Waals surface area contributed by atoms with Gasteiger partial charge in [-0.25, -0.2) is 14.8 Å². The van der Waals surface area contributed by atoms with Crippen molar-refractivity contribution in [2.45, 2.75) is 18.8 Å². The fraction of sp³-hybridized carbons (Fsp3) is 0.250. The van der Waals surface area contributed by atoms with Crippen molar-refractivity contribution in [1.82, 2.24) is 20.2 Å².